The van der Waals surface area contributed by atoms with Crippen LogP contribution in [0.2, 0.25) is 0 Å². The Morgan fingerprint density at radius 3 is 2.30 bits per heavy atom. The van der Waals surface area contributed by atoms with E-state index in [0.717, 1.165) is 39.8 Å². The second-order valence-electron chi connectivity index (χ2n) is 10.9. The van der Waals surface area contributed by atoms with Crippen LogP contribution >= 0.6 is 11.8 Å². The van der Waals surface area contributed by atoms with Gasteiger partial charge in [-0.2, -0.15) is 0 Å². The van der Waals surface area contributed by atoms with Crippen LogP contribution in [0.25, 0.3) is 16.8 Å². The normalized spacial score (nSPS) is 11.8. The largest absolute Gasteiger partial charge is 0.494 e. The third-order valence-corrected chi connectivity index (χ3v) is 8.41. The molecule has 238 valence electrons. The van der Waals surface area contributed by atoms with Crippen LogP contribution in [0.1, 0.15) is 42.6 Å². The number of ether oxygens (including phenoxy) is 1. The summed E-state index contributed by atoms with van der Waals surface area (Å²) in [5, 5.41) is 10.3. The van der Waals surface area contributed by atoms with Crippen LogP contribution in [-0.2, 0) is 9.59 Å². The highest BCUT2D eigenvalue weighted by atomic mass is 32.2. The number of carbonyl (C=O) groups is 3. The molecule has 0 aliphatic heterocycles. The van der Waals surface area contributed by atoms with Crippen molar-refractivity contribution >= 4 is 57.7 Å². The van der Waals surface area contributed by atoms with E-state index in [9.17, 15) is 14.4 Å². The zero-order valence-corrected chi connectivity index (χ0v) is 27.2. The first kappa shape index (κ1) is 33.0. The topological polar surface area (TPSA) is 96.5 Å². The standard InChI is InChI=1S/C39H37N3O4S/c1-3-4-24-46-33-22-20-31(21-23-33)40-37(43)27(2)47-34-18-11-17-32(26-34)41-39(45)36(42-38(44)29-13-6-5-7-14-29)25-30-16-10-15-28-12-8-9-19-35(28)30/h5-23,25-27H,3-4,24H2,1-2H3,(H,40,43)(H,41,45)(H,42,44)/b36-25+. The van der Waals surface area contributed by atoms with Crippen LogP contribution in [0.3, 0.4) is 0 Å². The summed E-state index contributed by atoms with van der Waals surface area (Å²) in [4.78, 5) is 40.6. The summed E-state index contributed by atoms with van der Waals surface area (Å²) in [5.41, 5.74) is 2.55. The summed E-state index contributed by atoms with van der Waals surface area (Å²) in [6.45, 7) is 4.61. The van der Waals surface area contributed by atoms with Gasteiger partial charge >= 0.3 is 0 Å². The third-order valence-electron chi connectivity index (χ3n) is 7.31. The van der Waals surface area contributed by atoms with Gasteiger partial charge in [-0.1, -0.05) is 80.1 Å². The maximum Gasteiger partial charge on any atom is 0.272 e. The summed E-state index contributed by atoms with van der Waals surface area (Å²) >= 11 is 1.38. The zero-order valence-electron chi connectivity index (χ0n) is 26.4. The number of benzene rings is 5. The number of hydrogen-bond donors (Lipinski definition) is 3. The minimum Gasteiger partial charge on any atom is -0.494 e. The predicted molar refractivity (Wildman–Crippen MR) is 192 cm³/mol. The Bertz CT molecular complexity index is 1870. The van der Waals surface area contributed by atoms with Crippen molar-refractivity contribution in [3.63, 3.8) is 0 Å². The monoisotopic (exact) mass is 643 g/mol. The number of fused-ring (bicyclic) bond motifs is 1. The van der Waals surface area contributed by atoms with Gasteiger partial charge in [-0.15, -0.1) is 11.8 Å². The Morgan fingerprint density at radius 2 is 1.51 bits per heavy atom. The van der Waals surface area contributed by atoms with Crippen LogP contribution < -0.4 is 20.7 Å². The second-order valence-corrected chi connectivity index (χ2v) is 12.3. The van der Waals surface area contributed by atoms with Crippen LogP contribution in [-0.4, -0.2) is 29.6 Å². The molecule has 1 atom stereocenters. The zero-order chi connectivity index (χ0) is 33.0. The van der Waals surface area contributed by atoms with E-state index in [2.05, 4.69) is 22.9 Å². The van der Waals surface area contributed by atoms with Crippen LogP contribution in [0.5, 0.6) is 5.75 Å². The van der Waals surface area contributed by atoms with Crippen molar-refractivity contribution in [3.8, 4) is 5.75 Å². The molecule has 3 N–H and O–H groups in total. The van der Waals surface area contributed by atoms with E-state index in [0.29, 0.717) is 23.5 Å². The SMILES string of the molecule is CCCCOc1ccc(NC(=O)C(C)Sc2cccc(NC(=O)/C(=C\c3cccc4ccccc34)NC(=O)c3ccccc3)c2)cc1. The fourth-order valence-electron chi connectivity index (χ4n) is 4.79. The average molecular weight is 644 g/mol. The molecule has 0 fully saturated rings. The van der Waals surface area contributed by atoms with Crippen molar-refractivity contribution < 1.29 is 19.1 Å². The first-order chi connectivity index (χ1) is 22.9. The van der Waals surface area contributed by atoms with Gasteiger partial charge in [0.2, 0.25) is 5.91 Å². The summed E-state index contributed by atoms with van der Waals surface area (Å²) in [6.07, 6.45) is 3.75. The Hall–Kier alpha value is -5.34. The maximum atomic E-state index is 13.7. The van der Waals surface area contributed by atoms with Crippen LogP contribution in [0.4, 0.5) is 11.4 Å². The number of thioether (sulfide) groups is 1. The van der Waals surface area contributed by atoms with Crippen LogP contribution in [0, 0.1) is 0 Å². The van der Waals surface area contributed by atoms with E-state index in [-0.39, 0.29) is 11.6 Å². The molecule has 0 aliphatic rings. The van der Waals surface area contributed by atoms with Gasteiger partial charge < -0.3 is 20.7 Å². The minimum absolute atomic E-state index is 0.0998. The van der Waals surface area contributed by atoms with E-state index in [1.165, 1.54) is 11.8 Å². The lowest BCUT2D eigenvalue weighted by Gasteiger charge is -2.14. The second kappa shape index (κ2) is 16.3. The van der Waals surface area contributed by atoms with Gasteiger partial charge in [0.15, 0.2) is 0 Å². The van der Waals surface area contributed by atoms with Gasteiger partial charge in [0.25, 0.3) is 11.8 Å². The summed E-state index contributed by atoms with van der Waals surface area (Å²) in [5.74, 6) is -0.243. The molecule has 0 saturated heterocycles. The first-order valence-electron chi connectivity index (χ1n) is 15.6. The minimum atomic E-state index is -0.475. The molecule has 5 aromatic rings. The number of hydrogen-bond acceptors (Lipinski definition) is 5. The van der Waals surface area contributed by atoms with Gasteiger partial charge in [-0.25, -0.2) is 0 Å². The Labute approximate surface area is 279 Å². The highest BCUT2D eigenvalue weighted by Gasteiger charge is 2.18. The molecular weight excluding hydrogens is 607 g/mol. The Kier molecular flexibility index (Phi) is 11.4. The fourth-order valence-corrected chi connectivity index (χ4v) is 5.72. The van der Waals surface area contributed by atoms with E-state index in [4.69, 9.17) is 4.74 Å². The molecule has 7 nitrogen and oxygen atoms in total. The predicted octanol–water partition coefficient (Wildman–Crippen LogP) is 8.55. The van der Waals surface area contributed by atoms with Crippen molar-refractivity contribution in [1.82, 2.24) is 5.32 Å². The van der Waals surface area contributed by atoms with Crippen molar-refractivity contribution in [2.24, 2.45) is 0 Å². The van der Waals surface area contributed by atoms with E-state index >= 15 is 0 Å². The summed E-state index contributed by atoms with van der Waals surface area (Å²) < 4.78 is 5.70. The smallest absolute Gasteiger partial charge is 0.272 e. The number of unbranched alkanes of at least 4 members (excludes halogenated alkanes) is 1. The van der Waals surface area contributed by atoms with E-state index in [1.807, 2.05) is 97.9 Å². The lowest BCUT2D eigenvalue weighted by molar-refractivity contribution is -0.115. The molecule has 0 aliphatic carbocycles. The van der Waals surface area contributed by atoms with E-state index < -0.39 is 17.1 Å². The molecule has 0 spiro atoms. The molecular formula is C39H37N3O4S. The number of rotatable bonds is 13. The summed E-state index contributed by atoms with van der Waals surface area (Å²) in [7, 11) is 0. The molecule has 8 heteroatoms. The maximum absolute atomic E-state index is 13.7. The van der Waals surface area contributed by atoms with Crippen molar-refractivity contribution in [2.45, 2.75) is 36.8 Å². The van der Waals surface area contributed by atoms with Crippen molar-refractivity contribution in [3.05, 3.63) is 138 Å². The van der Waals surface area contributed by atoms with Gasteiger partial charge in [-0.05, 0) is 90.4 Å². The van der Waals surface area contributed by atoms with Crippen molar-refractivity contribution in [2.75, 3.05) is 17.2 Å². The quantitative estimate of drug-likeness (QED) is 0.0679. The molecule has 0 bridgehead atoms. The molecule has 0 aromatic heterocycles. The molecule has 5 aromatic carbocycles. The highest BCUT2D eigenvalue weighted by Crippen LogP contribution is 2.28. The number of anilines is 2. The third kappa shape index (κ3) is 9.34. The molecule has 0 radical (unpaired) electrons. The van der Waals surface area contributed by atoms with Gasteiger partial charge in [0, 0.05) is 21.8 Å². The molecule has 1 unspecified atom stereocenters. The highest BCUT2D eigenvalue weighted by molar-refractivity contribution is 8.00. The fraction of sp³-hybridized carbons (Fsp3) is 0.154. The first-order valence-corrected chi connectivity index (χ1v) is 16.4. The molecule has 5 rings (SSSR count). The lowest BCUT2D eigenvalue weighted by Crippen LogP contribution is -2.30. The van der Waals surface area contributed by atoms with Gasteiger partial charge in [-0.3, -0.25) is 14.4 Å². The van der Waals surface area contributed by atoms with Gasteiger partial charge in [0.05, 0.1) is 11.9 Å². The van der Waals surface area contributed by atoms with E-state index in [1.54, 1.807) is 36.4 Å². The lowest BCUT2D eigenvalue weighted by atomic mass is 10.0. The Balaban J connectivity index is 1.28. The number of amides is 3. The van der Waals surface area contributed by atoms with Gasteiger partial charge in [0.1, 0.15) is 11.4 Å². The van der Waals surface area contributed by atoms with Crippen LogP contribution in [0.15, 0.2) is 132 Å². The molecule has 47 heavy (non-hydrogen) atoms. The Morgan fingerprint density at radius 1 is 0.787 bits per heavy atom. The average Bonchev–Trinajstić information content (AvgIpc) is 3.09. The molecule has 3 amide bonds. The molecule has 0 heterocycles. The van der Waals surface area contributed by atoms with Crippen molar-refractivity contribution in [1.29, 1.82) is 0 Å². The summed E-state index contributed by atoms with van der Waals surface area (Å²) in [6, 6.07) is 37.1. The number of nitrogens with one attached hydrogen (secondary N) is 3. The molecule has 0 saturated carbocycles. The number of carbonyl (C=O) groups excluding carboxylic acids is 3.